The smallest absolute Gasteiger partial charge is 0.435 e. The van der Waals surface area contributed by atoms with Crippen molar-refractivity contribution in [3.05, 3.63) is 70.7 Å². The average Bonchev–Trinajstić information content (AvgIpc) is 3.15. The maximum Gasteiger partial charge on any atom is 0.435 e. The van der Waals surface area contributed by atoms with E-state index in [1.165, 1.54) is 31.4 Å². The molecule has 0 bridgehead atoms. The van der Waals surface area contributed by atoms with Crippen LogP contribution in [0.2, 0.25) is 0 Å². The number of hydrogen-bond acceptors (Lipinski definition) is 5. The van der Waals surface area contributed by atoms with Crippen molar-refractivity contribution in [1.29, 1.82) is 0 Å². The summed E-state index contributed by atoms with van der Waals surface area (Å²) in [5.74, 6) is -1.50. The summed E-state index contributed by atoms with van der Waals surface area (Å²) in [6, 6.07) is 13.9. The molecule has 0 spiro atoms. The van der Waals surface area contributed by atoms with Crippen molar-refractivity contribution in [1.82, 2.24) is 4.98 Å². The number of benzene rings is 2. The minimum Gasteiger partial charge on any atom is -0.465 e. The number of thiazole rings is 1. The largest absolute Gasteiger partial charge is 0.465 e. The molecule has 1 aromatic heterocycles. The van der Waals surface area contributed by atoms with Gasteiger partial charge in [0.25, 0.3) is 5.91 Å². The number of carbonyl (C=O) groups excluding carboxylic acids is 2. The highest BCUT2D eigenvalue weighted by Crippen LogP contribution is 2.38. The number of aromatic nitrogens is 1. The van der Waals surface area contributed by atoms with Crippen molar-refractivity contribution < 1.29 is 27.5 Å². The van der Waals surface area contributed by atoms with Crippen molar-refractivity contribution in [3.8, 4) is 10.6 Å². The number of rotatable bonds is 4. The molecule has 5 nitrogen and oxygen atoms in total. The summed E-state index contributed by atoms with van der Waals surface area (Å²) < 4.78 is 44.7. The van der Waals surface area contributed by atoms with E-state index in [1.807, 2.05) is 0 Å². The van der Waals surface area contributed by atoms with E-state index in [2.05, 4.69) is 15.0 Å². The summed E-state index contributed by atoms with van der Waals surface area (Å²) in [4.78, 5) is 27.0. The fourth-order valence-corrected chi connectivity index (χ4v) is 3.35. The molecule has 0 unspecified atom stereocenters. The monoisotopic (exact) mass is 406 g/mol. The summed E-state index contributed by atoms with van der Waals surface area (Å²) in [6.07, 6.45) is -4.77. The number of nitrogens with one attached hydrogen (secondary N) is 1. The Morgan fingerprint density at radius 1 is 1.04 bits per heavy atom. The molecule has 9 heteroatoms. The molecule has 0 fully saturated rings. The van der Waals surface area contributed by atoms with Crippen molar-refractivity contribution in [2.75, 3.05) is 12.4 Å². The van der Waals surface area contributed by atoms with E-state index >= 15 is 0 Å². The van der Waals surface area contributed by atoms with E-state index in [0.29, 0.717) is 16.9 Å². The molecule has 0 aliphatic heterocycles. The molecule has 1 amide bonds. The van der Waals surface area contributed by atoms with Crippen LogP contribution < -0.4 is 5.32 Å². The van der Waals surface area contributed by atoms with Crippen LogP contribution in [0.25, 0.3) is 10.6 Å². The maximum atomic E-state index is 13.4. The van der Waals surface area contributed by atoms with Gasteiger partial charge >= 0.3 is 12.1 Å². The molecule has 28 heavy (non-hydrogen) atoms. The van der Waals surface area contributed by atoms with Crippen LogP contribution in [0.4, 0.5) is 18.9 Å². The van der Waals surface area contributed by atoms with Gasteiger partial charge < -0.3 is 10.1 Å². The van der Waals surface area contributed by atoms with Gasteiger partial charge in [-0.2, -0.15) is 13.2 Å². The predicted octanol–water partition coefficient (Wildman–Crippen LogP) is 4.87. The van der Waals surface area contributed by atoms with Crippen molar-refractivity contribution in [2.24, 2.45) is 0 Å². The number of carbonyl (C=O) groups is 2. The predicted molar refractivity (Wildman–Crippen MR) is 98.3 cm³/mol. The Morgan fingerprint density at radius 3 is 2.25 bits per heavy atom. The Bertz CT molecular complexity index is 1000. The third-order valence-corrected chi connectivity index (χ3v) is 4.79. The fraction of sp³-hybridized carbons (Fsp3) is 0.105. The van der Waals surface area contributed by atoms with Gasteiger partial charge in [0.2, 0.25) is 0 Å². The molecule has 0 saturated heterocycles. The molecule has 3 rings (SSSR count). The summed E-state index contributed by atoms with van der Waals surface area (Å²) in [5.41, 5.74) is -0.263. The number of alkyl halides is 3. The highest BCUT2D eigenvalue weighted by atomic mass is 32.1. The first kappa shape index (κ1) is 19.6. The molecule has 1 heterocycles. The Labute approximate surface area is 161 Å². The standard InChI is InChI=1S/C19H13F3N2O3S/c1-27-18(26)12-7-9-13(10-8-12)23-16(25)14-15(19(20,21)22)24-17(28-14)11-5-3-2-4-6-11/h2-10H,1H3,(H,23,25). The van der Waals surface area contributed by atoms with Crippen LogP contribution in [0.5, 0.6) is 0 Å². The van der Waals surface area contributed by atoms with Gasteiger partial charge in [-0.1, -0.05) is 30.3 Å². The fourth-order valence-electron chi connectivity index (χ4n) is 2.37. The SMILES string of the molecule is COC(=O)c1ccc(NC(=O)c2sc(-c3ccccc3)nc2C(F)(F)F)cc1. The third kappa shape index (κ3) is 4.20. The van der Waals surface area contributed by atoms with Crippen LogP contribution in [0.3, 0.4) is 0 Å². The highest BCUT2D eigenvalue weighted by Gasteiger charge is 2.39. The molecule has 1 N–H and O–H groups in total. The molecule has 0 aliphatic rings. The summed E-state index contributed by atoms with van der Waals surface area (Å²) in [6.45, 7) is 0. The first-order valence-electron chi connectivity index (χ1n) is 7.93. The zero-order chi connectivity index (χ0) is 20.3. The topological polar surface area (TPSA) is 68.3 Å². The first-order valence-corrected chi connectivity index (χ1v) is 8.74. The maximum absolute atomic E-state index is 13.4. The van der Waals surface area contributed by atoms with Gasteiger partial charge in [0.1, 0.15) is 9.88 Å². The van der Waals surface area contributed by atoms with Gasteiger partial charge in [-0.25, -0.2) is 9.78 Å². The number of hydrogen-bond donors (Lipinski definition) is 1. The van der Waals surface area contributed by atoms with E-state index in [4.69, 9.17) is 0 Å². The summed E-state index contributed by atoms with van der Waals surface area (Å²) >= 11 is 0.661. The average molecular weight is 406 g/mol. The Kier molecular flexibility index (Phi) is 5.46. The van der Waals surface area contributed by atoms with Crippen LogP contribution in [-0.2, 0) is 10.9 Å². The number of esters is 1. The van der Waals surface area contributed by atoms with Crippen molar-refractivity contribution in [2.45, 2.75) is 6.18 Å². The minimum absolute atomic E-state index is 0.0964. The molecule has 0 radical (unpaired) electrons. The first-order chi connectivity index (χ1) is 13.3. The zero-order valence-corrected chi connectivity index (χ0v) is 15.2. The molecule has 0 saturated carbocycles. The van der Waals surface area contributed by atoms with Gasteiger partial charge in [-0.05, 0) is 24.3 Å². The quantitative estimate of drug-likeness (QED) is 0.628. The molecule has 0 aliphatic carbocycles. The zero-order valence-electron chi connectivity index (χ0n) is 14.4. The number of methoxy groups -OCH3 is 1. The molecule has 144 valence electrons. The van der Waals surface area contributed by atoms with Crippen LogP contribution in [-0.4, -0.2) is 24.0 Å². The summed E-state index contributed by atoms with van der Waals surface area (Å²) in [7, 11) is 1.23. The Morgan fingerprint density at radius 2 is 1.68 bits per heavy atom. The molecular weight excluding hydrogens is 393 g/mol. The lowest BCUT2D eigenvalue weighted by atomic mass is 10.2. The number of amides is 1. The van der Waals surface area contributed by atoms with Crippen LogP contribution in [0, 0.1) is 0 Å². The lowest BCUT2D eigenvalue weighted by molar-refractivity contribution is -0.141. The number of anilines is 1. The van der Waals surface area contributed by atoms with Gasteiger partial charge in [0.05, 0.1) is 12.7 Å². The highest BCUT2D eigenvalue weighted by molar-refractivity contribution is 7.17. The molecule has 3 aromatic rings. The third-order valence-electron chi connectivity index (χ3n) is 3.69. The van der Waals surface area contributed by atoms with E-state index in [1.54, 1.807) is 30.3 Å². The van der Waals surface area contributed by atoms with Crippen LogP contribution in [0.1, 0.15) is 25.7 Å². The van der Waals surface area contributed by atoms with Gasteiger partial charge in [-0.3, -0.25) is 4.79 Å². The number of ether oxygens (including phenoxy) is 1. The van der Waals surface area contributed by atoms with Crippen LogP contribution >= 0.6 is 11.3 Å². The van der Waals surface area contributed by atoms with E-state index < -0.39 is 28.6 Å². The normalized spacial score (nSPS) is 11.1. The Hall–Kier alpha value is -3.20. The van der Waals surface area contributed by atoms with Crippen molar-refractivity contribution >= 4 is 28.9 Å². The molecular formula is C19H13F3N2O3S. The Balaban J connectivity index is 1.90. The van der Waals surface area contributed by atoms with Gasteiger partial charge in [0, 0.05) is 11.3 Å². The van der Waals surface area contributed by atoms with E-state index in [9.17, 15) is 22.8 Å². The molecule has 0 atom stereocenters. The second-order valence-electron chi connectivity index (χ2n) is 5.58. The lowest BCUT2D eigenvalue weighted by Gasteiger charge is -2.08. The second-order valence-corrected chi connectivity index (χ2v) is 6.58. The number of nitrogens with zero attached hydrogens (tertiary/aromatic N) is 1. The van der Waals surface area contributed by atoms with E-state index in [0.717, 1.165) is 0 Å². The number of halogens is 3. The lowest BCUT2D eigenvalue weighted by Crippen LogP contribution is -2.17. The second kappa shape index (κ2) is 7.81. The van der Waals surface area contributed by atoms with Gasteiger partial charge in [-0.15, -0.1) is 11.3 Å². The molecule has 2 aromatic carbocycles. The minimum atomic E-state index is -4.77. The van der Waals surface area contributed by atoms with Crippen molar-refractivity contribution in [3.63, 3.8) is 0 Å². The van der Waals surface area contributed by atoms with Crippen LogP contribution in [0.15, 0.2) is 54.6 Å². The summed E-state index contributed by atoms with van der Waals surface area (Å²) in [5, 5.41) is 2.50. The van der Waals surface area contributed by atoms with E-state index in [-0.39, 0.29) is 16.3 Å². The van der Waals surface area contributed by atoms with Gasteiger partial charge in [0.15, 0.2) is 5.69 Å².